The van der Waals surface area contributed by atoms with Crippen LogP contribution >= 0.6 is 0 Å². The van der Waals surface area contributed by atoms with Crippen molar-refractivity contribution in [3.05, 3.63) is 33.9 Å². The van der Waals surface area contributed by atoms with Crippen molar-refractivity contribution in [3.8, 4) is 0 Å². The van der Waals surface area contributed by atoms with Crippen LogP contribution in [0.2, 0.25) is 0 Å². The molecule has 1 aromatic carbocycles. The molecule has 6 nitrogen and oxygen atoms in total. The molecule has 0 N–H and O–H groups in total. The molecule has 1 spiro atoms. The minimum Gasteiger partial charge on any atom is -0.378 e. The molecule has 0 aromatic heterocycles. The van der Waals surface area contributed by atoms with Crippen molar-refractivity contribution >= 4 is 11.4 Å². The summed E-state index contributed by atoms with van der Waals surface area (Å²) in [5.41, 5.74) is -3.05. The second kappa shape index (κ2) is 6.38. The topological polar surface area (TPSA) is 64.8 Å². The third kappa shape index (κ3) is 3.78. The van der Waals surface area contributed by atoms with Crippen LogP contribution < -0.4 is 4.90 Å². The van der Waals surface area contributed by atoms with Gasteiger partial charge >= 0.3 is 6.18 Å². The zero-order valence-electron chi connectivity index (χ0n) is 14.6. The Bertz CT molecular complexity index is 700. The Morgan fingerprint density at radius 1 is 1.27 bits per heavy atom. The summed E-state index contributed by atoms with van der Waals surface area (Å²) in [5.74, 6) is 0. The fraction of sp³-hybridized carbons (Fsp3) is 0.647. The maximum Gasteiger partial charge on any atom is 0.423 e. The maximum absolute atomic E-state index is 13.3. The van der Waals surface area contributed by atoms with Crippen molar-refractivity contribution in [3.63, 3.8) is 0 Å². The van der Waals surface area contributed by atoms with Crippen molar-refractivity contribution in [2.75, 3.05) is 31.2 Å². The molecule has 0 radical (unpaired) electrons. The van der Waals surface area contributed by atoms with Gasteiger partial charge in [-0.15, -0.1) is 0 Å². The van der Waals surface area contributed by atoms with Gasteiger partial charge in [0.1, 0.15) is 11.2 Å². The summed E-state index contributed by atoms with van der Waals surface area (Å²) in [4.78, 5) is 11.8. The van der Waals surface area contributed by atoms with Crippen LogP contribution in [0.4, 0.5) is 24.5 Å². The highest BCUT2D eigenvalue weighted by atomic mass is 19.4. The molecule has 0 saturated carbocycles. The minimum atomic E-state index is -4.80. The van der Waals surface area contributed by atoms with E-state index in [1.54, 1.807) is 4.90 Å². The second-order valence-corrected chi connectivity index (χ2v) is 7.51. The average Bonchev–Trinajstić information content (AvgIpc) is 2.52. The van der Waals surface area contributed by atoms with E-state index < -0.39 is 33.6 Å². The van der Waals surface area contributed by atoms with Gasteiger partial charge in [0.05, 0.1) is 17.1 Å². The van der Waals surface area contributed by atoms with Crippen LogP contribution in [0.15, 0.2) is 18.2 Å². The SMILES string of the molecule is CC1(C)CN(c2ccc([N+](=O)[O-])c(C(F)(F)F)c2)CC2(CCCOC2)O1. The molecule has 9 heteroatoms. The van der Waals surface area contributed by atoms with E-state index >= 15 is 0 Å². The number of nitrogens with zero attached hydrogens (tertiary/aromatic N) is 2. The van der Waals surface area contributed by atoms with Gasteiger partial charge in [0, 0.05) is 31.5 Å². The summed E-state index contributed by atoms with van der Waals surface area (Å²) in [5, 5.41) is 11.0. The zero-order valence-corrected chi connectivity index (χ0v) is 14.6. The van der Waals surface area contributed by atoms with Gasteiger partial charge in [0.2, 0.25) is 0 Å². The summed E-state index contributed by atoms with van der Waals surface area (Å²) in [7, 11) is 0. The Morgan fingerprint density at radius 3 is 2.58 bits per heavy atom. The van der Waals surface area contributed by atoms with Gasteiger partial charge in [0.25, 0.3) is 5.69 Å². The first-order chi connectivity index (χ1) is 12.0. The standard InChI is InChI=1S/C17H21F3N2O4/c1-15(2)9-21(10-16(26-15)6-3-7-25-11-16)12-4-5-14(22(23)24)13(8-12)17(18,19)20/h4-5,8H,3,6-7,9-11H2,1-2H3. The number of nitro benzene ring substituents is 1. The Hall–Kier alpha value is -1.87. The Labute approximate surface area is 149 Å². The molecule has 26 heavy (non-hydrogen) atoms. The number of rotatable bonds is 2. The number of nitro groups is 1. The van der Waals surface area contributed by atoms with E-state index in [1.807, 2.05) is 13.8 Å². The van der Waals surface area contributed by atoms with E-state index in [0.717, 1.165) is 25.0 Å². The van der Waals surface area contributed by atoms with Gasteiger partial charge in [-0.1, -0.05) is 0 Å². The molecule has 1 unspecified atom stereocenters. The third-order valence-corrected chi connectivity index (χ3v) is 4.68. The first-order valence-corrected chi connectivity index (χ1v) is 8.40. The Balaban J connectivity index is 1.98. The highest BCUT2D eigenvalue weighted by molar-refractivity contribution is 5.57. The van der Waals surface area contributed by atoms with Gasteiger partial charge in [0.15, 0.2) is 0 Å². The number of anilines is 1. The molecule has 2 aliphatic heterocycles. The first-order valence-electron chi connectivity index (χ1n) is 8.40. The highest BCUT2D eigenvalue weighted by Gasteiger charge is 2.46. The van der Waals surface area contributed by atoms with Crippen molar-refractivity contribution < 1.29 is 27.6 Å². The molecule has 2 aliphatic rings. The maximum atomic E-state index is 13.3. The van der Waals surface area contributed by atoms with Crippen molar-refractivity contribution in [1.82, 2.24) is 0 Å². The first kappa shape index (κ1) is 18.9. The molecule has 0 amide bonds. The largest absolute Gasteiger partial charge is 0.423 e. The van der Waals surface area contributed by atoms with Crippen LogP contribution in [0.5, 0.6) is 0 Å². The number of halogens is 3. The molecule has 3 rings (SSSR count). The number of alkyl halides is 3. The molecule has 2 fully saturated rings. The van der Waals surface area contributed by atoms with E-state index in [4.69, 9.17) is 9.47 Å². The lowest BCUT2D eigenvalue weighted by molar-refractivity contribution is -0.388. The predicted octanol–water partition coefficient (Wildman–Crippen LogP) is 3.78. The lowest BCUT2D eigenvalue weighted by Gasteiger charge is -2.52. The molecule has 1 atom stereocenters. The number of benzene rings is 1. The summed E-state index contributed by atoms with van der Waals surface area (Å²) < 4.78 is 51.6. The van der Waals surface area contributed by atoms with Gasteiger partial charge in [-0.25, -0.2) is 0 Å². The van der Waals surface area contributed by atoms with Crippen LogP contribution in [0.1, 0.15) is 32.3 Å². The van der Waals surface area contributed by atoms with E-state index in [0.29, 0.717) is 32.0 Å². The van der Waals surface area contributed by atoms with Crippen molar-refractivity contribution in [1.29, 1.82) is 0 Å². The fourth-order valence-corrected chi connectivity index (χ4v) is 3.84. The summed E-state index contributed by atoms with van der Waals surface area (Å²) in [6.07, 6.45) is -3.23. The quantitative estimate of drug-likeness (QED) is 0.582. The molecule has 0 bridgehead atoms. The lowest BCUT2D eigenvalue weighted by atomic mass is 9.90. The number of ether oxygens (including phenoxy) is 2. The molecule has 2 heterocycles. The number of morpholine rings is 1. The lowest BCUT2D eigenvalue weighted by Crippen LogP contribution is -2.62. The van der Waals surface area contributed by atoms with Crippen LogP contribution in [-0.4, -0.2) is 42.4 Å². The number of hydrogen-bond acceptors (Lipinski definition) is 5. The second-order valence-electron chi connectivity index (χ2n) is 7.51. The van der Waals surface area contributed by atoms with Crippen molar-refractivity contribution in [2.45, 2.75) is 44.1 Å². The molecule has 2 saturated heterocycles. The molecular formula is C17H21F3N2O4. The average molecular weight is 374 g/mol. The fourth-order valence-electron chi connectivity index (χ4n) is 3.84. The van der Waals surface area contributed by atoms with E-state index in [-0.39, 0.29) is 0 Å². The van der Waals surface area contributed by atoms with Crippen LogP contribution in [0, 0.1) is 10.1 Å². The van der Waals surface area contributed by atoms with Gasteiger partial charge < -0.3 is 14.4 Å². The summed E-state index contributed by atoms with van der Waals surface area (Å²) in [6.45, 7) is 5.54. The summed E-state index contributed by atoms with van der Waals surface area (Å²) in [6, 6.07) is 3.15. The molecular weight excluding hydrogens is 353 g/mol. The number of hydrogen-bond donors (Lipinski definition) is 0. The monoisotopic (exact) mass is 374 g/mol. The third-order valence-electron chi connectivity index (χ3n) is 4.68. The van der Waals surface area contributed by atoms with Crippen LogP contribution in [0.25, 0.3) is 0 Å². The molecule has 144 valence electrons. The van der Waals surface area contributed by atoms with Gasteiger partial charge in [-0.3, -0.25) is 10.1 Å². The van der Waals surface area contributed by atoms with E-state index in [9.17, 15) is 23.3 Å². The van der Waals surface area contributed by atoms with E-state index in [1.165, 1.54) is 6.07 Å². The summed E-state index contributed by atoms with van der Waals surface area (Å²) >= 11 is 0. The molecule has 1 aromatic rings. The smallest absolute Gasteiger partial charge is 0.378 e. The zero-order chi connectivity index (χ0) is 19.2. The van der Waals surface area contributed by atoms with Gasteiger partial charge in [-0.05, 0) is 38.8 Å². The normalized spacial score (nSPS) is 26.1. The van der Waals surface area contributed by atoms with E-state index in [2.05, 4.69) is 0 Å². The molecule has 0 aliphatic carbocycles. The van der Waals surface area contributed by atoms with Crippen LogP contribution in [-0.2, 0) is 15.7 Å². The highest BCUT2D eigenvalue weighted by Crippen LogP contribution is 2.41. The van der Waals surface area contributed by atoms with Crippen molar-refractivity contribution in [2.24, 2.45) is 0 Å². The predicted molar refractivity (Wildman–Crippen MR) is 88.3 cm³/mol. The minimum absolute atomic E-state index is 0.296. The van der Waals surface area contributed by atoms with Gasteiger partial charge in [-0.2, -0.15) is 13.2 Å². The Kier molecular flexibility index (Phi) is 4.64. The Morgan fingerprint density at radius 2 is 2.00 bits per heavy atom. The van der Waals surface area contributed by atoms with Crippen LogP contribution in [0.3, 0.4) is 0 Å².